The van der Waals surface area contributed by atoms with Crippen LogP contribution in [0.5, 0.6) is 11.5 Å². The zero-order valence-corrected chi connectivity index (χ0v) is 69.0. The Bertz CT molecular complexity index is 4220. The quantitative estimate of drug-likeness (QED) is 0.0142. The normalized spacial score (nSPS) is 17.5. The fourth-order valence-electron chi connectivity index (χ4n) is 13.4. The van der Waals surface area contributed by atoms with E-state index < -0.39 is 261 Å². The maximum atomic E-state index is 14.7. The number of carbonyl (C=O) groups is 17. The molecular formula is C79H114N18O27. The van der Waals surface area contributed by atoms with Gasteiger partial charge in [-0.2, -0.15) is 0 Å². The summed E-state index contributed by atoms with van der Waals surface area (Å²) in [6.07, 6.45) is -4.81. The molecule has 2 heterocycles. The number of aliphatic carboxylic acids is 3. The Labute approximate surface area is 712 Å². The molecule has 5 rings (SSSR count). The van der Waals surface area contributed by atoms with Gasteiger partial charge in [-0.25, -0.2) is 4.79 Å². The van der Waals surface area contributed by atoms with Crippen molar-refractivity contribution in [2.24, 2.45) is 23.3 Å². The van der Waals surface area contributed by atoms with Crippen LogP contribution in [0.2, 0.25) is 0 Å². The number of rotatable bonds is 50. The molecule has 2 fully saturated rings. The van der Waals surface area contributed by atoms with Crippen LogP contribution in [0, 0.1) is 17.2 Å². The van der Waals surface area contributed by atoms with Gasteiger partial charge >= 0.3 is 17.9 Å². The number of phenolic OH excluding ortho intramolecular Hbond substituents is 2. The van der Waals surface area contributed by atoms with E-state index in [9.17, 15) is 133 Å². The summed E-state index contributed by atoms with van der Waals surface area (Å²) in [6.45, 7) is 2.83. The Morgan fingerprint density at radius 3 is 1.23 bits per heavy atom. The number of amides is 14. The van der Waals surface area contributed by atoms with Gasteiger partial charge in [0.15, 0.2) is 5.96 Å². The molecule has 0 spiro atoms. The van der Waals surface area contributed by atoms with Crippen LogP contribution in [0.4, 0.5) is 0 Å². The van der Waals surface area contributed by atoms with Gasteiger partial charge < -0.3 is 141 Å². The molecule has 18 atom stereocenters. The molecule has 682 valence electrons. The van der Waals surface area contributed by atoms with Gasteiger partial charge in [0.25, 0.3) is 0 Å². The van der Waals surface area contributed by atoms with Crippen LogP contribution in [0.15, 0.2) is 78.9 Å². The summed E-state index contributed by atoms with van der Waals surface area (Å²) in [7, 11) is 0. The molecule has 0 radical (unpaired) electrons. The van der Waals surface area contributed by atoms with Gasteiger partial charge in [-0.15, -0.1) is 0 Å². The lowest BCUT2D eigenvalue weighted by Crippen LogP contribution is -2.63. The number of nitrogens with two attached hydrogens (primary N) is 2. The zero-order valence-electron chi connectivity index (χ0n) is 69.0. The lowest BCUT2D eigenvalue weighted by atomic mass is 9.95. The monoisotopic (exact) mass is 1750 g/mol. The van der Waals surface area contributed by atoms with E-state index in [1.807, 2.05) is 22.9 Å². The van der Waals surface area contributed by atoms with Gasteiger partial charge in [0.2, 0.25) is 82.7 Å². The lowest BCUT2D eigenvalue weighted by Gasteiger charge is -2.32. The summed E-state index contributed by atoms with van der Waals surface area (Å²) in [5.74, 6) is -23.0. The first-order valence-corrected chi connectivity index (χ1v) is 40.2. The number of carboxylic acids is 3. The minimum Gasteiger partial charge on any atom is -0.508 e. The van der Waals surface area contributed by atoms with E-state index in [-0.39, 0.29) is 87.6 Å². The maximum Gasteiger partial charge on any atom is 0.326 e. The Morgan fingerprint density at radius 1 is 0.427 bits per heavy atom. The van der Waals surface area contributed by atoms with E-state index in [1.165, 1.54) is 48.5 Å². The van der Waals surface area contributed by atoms with Crippen LogP contribution in [0.1, 0.15) is 116 Å². The van der Waals surface area contributed by atoms with Crippen LogP contribution < -0.4 is 80.6 Å². The number of carboxylic acid groups (broad SMARTS) is 3. The molecule has 0 unspecified atom stereocenters. The van der Waals surface area contributed by atoms with Crippen molar-refractivity contribution in [2.75, 3.05) is 46.1 Å². The van der Waals surface area contributed by atoms with Crippen molar-refractivity contribution < 1.29 is 133 Å². The molecule has 3 aromatic carbocycles. The smallest absolute Gasteiger partial charge is 0.326 e. The molecular weight excluding hydrogens is 1630 g/mol. The first-order chi connectivity index (χ1) is 58.7. The molecule has 45 nitrogen and oxygen atoms in total. The minimum atomic E-state index is -2.30. The number of likely N-dealkylation sites (tertiary alicyclic amines) is 2. The fraction of sp³-hybridized carbons (Fsp3) is 0.544. The molecule has 0 aromatic heterocycles. The van der Waals surface area contributed by atoms with Crippen molar-refractivity contribution in [3.8, 4) is 11.5 Å². The molecule has 0 bridgehead atoms. The van der Waals surface area contributed by atoms with Crippen molar-refractivity contribution in [2.45, 2.75) is 215 Å². The van der Waals surface area contributed by atoms with Crippen molar-refractivity contribution in [1.29, 1.82) is 5.41 Å². The molecule has 124 heavy (non-hydrogen) atoms. The number of hydrogen-bond donors (Lipinski definition) is 26. The van der Waals surface area contributed by atoms with Crippen LogP contribution in [-0.2, 0) is 101 Å². The summed E-state index contributed by atoms with van der Waals surface area (Å²) in [4.78, 5) is 236. The van der Waals surface area contributed by atoms with E-state index in [2.05, 4.69) is 53.2 Å². The highest BCUT2D eigenvalue weighted by Crippen LogP contribution is 2.24. The molecule has 2 saturated heterocycles. The first kappa shape index (κ1) is 102. The van der Waals surface area contributed by atoms with Crippen LogP contribution >= 0.6 is 0 Å². The van der Waals surface area contributed by atoms with Gasteiger partial charge in [-0.05, 0) is 98.2 Å². The highest BCUT2D eigenvalue weighted by molar-refractivity contribution is 6.02. The highest BCUT2D eigenvalue weighted by atomic mass is 16.4. The summed E-state index contributed by atoms with van der Waals surface area (Å²) < 4.78 is 0. The average molecular weight is 1750 g/mol. The van der Waals surface area contributed by atoms with Gasteiger partial charge in [0.1, 0.15) is 96.1 Å². The average Bonchev–Trinajstić information content (AvgIpc) is 1.46. The Morgan fingerprint density at radius 2 is 0.782 bits per heavy atom. The lowest BCUT2D eigenvalue weighted by molar-refractivity contribution is -0.144. The summed E-state index contributed by atoms with van der Waals surface area (Å²) >= 11 is 0. The van der Waals surface area contributed by atoms with Crippen LogP contribution in [0.3, 0.4) is 0 Å². The van der Waals surface area contributed by atoms with E-state index >= 15 is 0 Å². The second-order valence-corrected chi connectivity index (χ2v) is 30.2. The number of aliphatic hydroxyl groups is 5. The van der Waals surface area contributed by atoms with Crippen LogP contribution in [0.25, 0.3) is 0 Å². The predicted molar refractivity (Wildman–Crippen MR) is 435 cm³/mol. The summed E-state index contributed by atoms with van der Waals surface area (Å²) in [5.41, 5.74) is 12.9. The number of aliphatic hydroxyl groups excluding tert-OH is 5. The second-order valence-electron chi connectivity index (χ2n) is 30.2. The van der Waals surface area contributed by atoms with Crippen molar-refractivity contribution in [3.05, 3.63) is 95.6 Å². The number of carbonyl (C=O) groups excluding carboxylic acids is 14. The van der Waals surface area contributed by atoms with E-state index in [0.717, 1.165) is 16.7 Å². The number of hydrogen-bond acceptors (Lipinski definition) is 26. The van der Waals surface area contributed by atoms with Gasteiger partial charge in [-0.3, -0.25) is 82.1 Å². The van der Waals surface area contributed by atoms with Crippen LogP contribution in [-0.4, -0.2) is 310 Å². The fourth-order valence-corrected chi connectivity index (χ4v) is 13.4. The van der Waals surface area contributed by atoms with Gasteiger partial charge in [0, 0.05) is 38.9 Å². The number of phenols is 2. The molecule has 0 aliphatic carbocycles. The molecule has 2 aliphatic heterocycles. The number of nitrogens with one attached hydrogen (secondary N) is 14. The van der Waals surface area contributed by atoms with Gasteiger partial charge in [0.05, 0.1) is 51.4 Å². The third-order valence-corrected chi connectivity index (χ3v) is 20.9. The molecule has 45 heteroatoms. The number of aromatic hydroxyl groups is 2. The Hall–Kier alpha value is -12.7. The number of guanidine groups is 1. The highest BCUT2D eigenvalue weighted by Gasteiger charge is 2.44. The Kier molecular flexibility index (Phi) is 41.1. The Balaban J connectivity index is 1.30. The second kappa shape index (κ2) is 50.0. The standard InChI is InChI=1S/C79H114N18O27/c1-6-39(3)61(80)73(118)94-62(40(4)7-2)74(119)88-51(31-44-21-25-46(104)26-22-44)76(121)96-28-12-17-57(96)71(116)91-54(36-99)69(114)86-49(33-59(105)106)66(111)90-53(35-98)68(113)87-50(34-60(107)108)67(112)95-63(41(5)102)75(120)84-47(16-11-27-83-79(81)82)64(109)85-48(30-43-19-23-45(103)24-20-43)65(110)93-56(38-101)77(122)97-29-13-18-58(97)72(117)92-55(37-100)70(115)89-52(78(123)124)32-42-14-9-8-10-15-42/h8-10,14-15,19-26,39-41,47-58,61-63,98-104H,6-7,11-13,16-18,27-38,80H2,1-5H3,(H,84,120)(H,85,109)(H,86,114)(H,87,113)(H,88,119)(H,89,115)(H,90,111)(H,91,116)(H,92,117)(H,93,110)(H,94,118)(H,95,112)(H,105,106)(H,107,108)(H,123,124)(H4,81,82,83)/t39-,40-,41+,47-,48-,49-,50-,51-,52-,53-,54-,55-,56-,57-,58-,61-,62-,63-/m0/s1. The first-order valence-electron chi connectivity index (χ1n) is 40.2. The molecule has 14 amide bonds. The van der Waals surface area contributed by atoms with E-state index in [1.54, 1.807) is 51.1 Å². The zero-order chi connectivity index (χ0) is 92.4. The summed E-state index contributed by atoms with van der Waals surface area (Å²) in [5, 5.41) is 140. The summed E-state index contributed by atoms with van der Waals surface area (Å²) in [6, 6.07) is -7.12. The molecule has 28 N–H and O–H groups in total. The van der Waals surface area contributed by atoms with Crippen molar-refractivity contribution in [3.63, 3.8) is 0 Å². The van der Waals surface area contributed by atoms with Crippen molar-refractivity contribution >= 4 is 107 Å². The maximum absolute atomic E-state index is 14.7. The van der Waals surface area contributed by atoms with Crippen molar-refractivity contribution in [1.82, 2.24) is 78.9 Å². The third kappa shape index (κ3) is 31.3. The van der Waals surface area contributed by atoms with E-state index in [4.69, 9.17) is 16.9 Å². The molecule has 0 saturated carbocycles. The molecule has 3 aromatic rings. The third-order valence-electron chi connectivity index (χ3n) is 20.9. The SMILES string of the molecule is CC[C@H](C)[C@H](N)C(=O)N[C@H](C(=O)N[C@@H](Cc1ccc(O)cc1)C(=O)N1CCC[C@H]1C(=O)N[C@@H](CO)C(=O)N[C@@H](CC(=O)O)C(=O)N[C@@H](CO)C(=O)N[C@@H](CC(=O)O)C(=O)N[C@H](C(=O)N[C@@H](CCCNC(=N)N)C(=O)N[C@@H](Cc1ccc(O)cc1)C(=O)N[C@@H](CO)C(=O)N1CCC[C@H]1C(=O)N[C@@H](CO)C(=O)N[C@@H](Cc1ccccc1)C(=O)O)[C@@H](C)O)[C@@H](C)CC. The predicted octanol–water partition coefficient (Wildman–Crippen LogP) is -8.01. The minimum absolute atomic E-state index is 0.0393. The molecule has 2 aliphatic rings. The largest absolute Gasteiger partial charge is 0.508 e. The number of nitrogens with zero attached hydrogens (tertiary/aromatic N) is 2. The van der Waals surface area contributed by atoms with Gasteiger partial charge in [-0.1, -0.05) is 95.1 Å². The topological polar surface area (TPSA) is 731 Å². The van der Waals surface area contributed by atoms with E-state index in [0.29, 0.717) is 24.0 Å². The number of benzene rings is 3.